The second kappa shape index (κ2) is 7.43. The highest BCUT2D eigenvalue weighted by Gasteiger charge is 2.58. The van der Waals surface area contributed by atoms with E-state index in [-0.39, 0.29) is 17.9 Å². The monoisotopic (exact) mass is 398 g/mol. The first-order chi connectivity index (χ1) is 12.2. The quantitative estimate of drug-likeness (QED) is 0.789. The molecule has 1 unspecified atom stereocenters. The number of carbonyl (C=O) groups excluding carboxylic acids is 2. The number of hydrogen-bond acceptors (Lipinski definition) is 5. The fraction of sp³-hybridized carbons (Fsp3) is 0.400. The minimum atomic E-state index is -5.53. The molecule has 0 aliphatic rings. The van der Waals surface area contributed by atoms with Crippen LogP contribution in [0, 0.1) is 11.3 Å². The molecule has 12 heteroatoms. The number of nitriles is 1. The largest absolute Gasteiger partial charge is 0.449 e. The highest BCUT2D eigenvalue weighted by molar-refractivity contribution is 6.15. The summed E-state index contributed by atoms with van der Waals surface area (Å²) in [5.74, 6) is -2.27. The van der Waals surface area contributed by atoms with Crippen LogP contribution >= 0.6 is 0 Å². The van der Waals surface area contributed by atoms with Crippen LogP contribution in [0.3, 0.4) is 0 Å². The van der Waals surface area contributed by atoms with Crippen LogP contribution in [0.1, 0.15) is 25.0 Å². The van der Waals surface area contributed by atoms with E-state index in [0.717, 1.165) is 0 Å². The molecule has 2 amide bonds. The van der Waals surface area contributed by atoms with E-state index in [1.54, 1.807) is 0 Å². The van der Waals surface area contributed by atoms with Crippen LogP contribution < -0.4 is 4.90 Å². The summed E-state index contributed by atoms with van der Waals surface area (Å²) in [6.07, 6.45) is -12.4. The lowest BCUT2D eigenvalue weighted by molar-refractivity contribution is -0.243. The number of ether oxygens (including phenoxy) is 1. The molecule has 0 spiro atoms. The van der Waals surface area contributed by atoms with Crippen molar-refractivity contribution in [1.82, 2.24) is 0 Å². The Morgan fingerprint density at radius 2 is 1.78 bits per heavy atom. The van der Waals surface area contributed by atoms with Gasteiger partial charge in [0.1, 0.15) is 0 Å². The van der Waals surface area contributed by atoms with E-state index in [4.69, 9.17) is 5.26 Å². The van der Waals surface area contributed by atoms with E-state index >= 15 is 0 Å². The van der Waals surface area contributed by atoms with Crippen molar-refractivity contribution in [3.05, 3.63) is 29.3 Å². The number of hydrogen-bond donors (Lipinski definition) is 1. The number of carbonyl (C=O) groups is 2. The number of aliphatic hydroxyl groups is 1. The molecule has 27 heavy (non-hydrogen) atoms. The lowest BCUT2D eigenvalue weighted by Crippen LogP contribution is -2.58. The topological polar surface area (TPSA) is 90.6 Å². The van der Waals surface area contributed by atoms with Crippen LogP contribution in [0.2, 0.25) is 0 Å². The number of anilines is 1. The summed E-state index contributed by atoms with van der Waals surface area (Å²) in [6.45, 7) is 0.859. The van der Waals surface area contributed by atoms with Crippen LogP contribution in [-0.4, -0.2) is 35.5 Å². The van der Waals surface area contributed by atoms with Crippen molar-refractivity contribution >= 4 is 17.7 Å². The molecule has 1 rings (SSSR count). The van der Waals surface area contributed by atoms with Crippen LogP contribution in [0.5, 0.6) is 0 Å². The molecule has 0 fully saturated rings. The minimum absolute atomic E-state index is 0.0376. The second-order valence-electron chi connectivity index (χ2n) is 5.25. The van der Waals surface area contributed by atoms with Crippen molar-refractivity contribution in [3.63, 3.8) is 0 Å². The van der Waals surface area contributed by atoms with Gasteiger partial charge in [-0.2, -0.15) is 31.6 Å². The number of alkyl halides is 6. The van der Waals surface area contributed by atoms with Gasteiger partial charge in [0.2, 0.25) is 5.60 Å². The first-order valence-electron chi connectivity index (χ1n) is 7.10. The Hall–Kier alpha value is -2.81. The lowest BCUT2D eigenvalue weighted by Gasteiger charge is -2.30. The zero-order chi connectivity index (χ0) is 21.2. The number of nitrogens with zero attached hydrogens (tertiary/aromatic N) is 2. The maximum atomic E-state index is 13.1. The summed E-state index contributed by atoms with van der Waals surface area (Å²) >= 11 is 0. The number of rotatable bonds is 3. The smallest absolute Gasteiger partial charge is 0.426 e. The third-order valence-electron chi connectivity index (χ3n) is 3.31. The summed E-state index contributed by atoms with van der Waals surface area (Å²) in [5.41, 5.74) is -7.53. The molecule has 0 saturated heterocycles. The summed E-state index contributed by atoms with van der Waals surface area (Å²) < 4.78 is 82.3. The van der Waals surface area contributed by atoms with E-state index in [1.807, 2.05) is 0 Å². The summed E-state index contributed by atoms with van der Waals surface area (Å²) in [4.78, 5) is 23.7. The van der Waals surface area contributed by atoms with Crippen molar-refractivity contribution in [2.75, 3.05) is 11.5 Å². The van der Waals surface area contributed by atoms with Gasteiger partial charge < -0.3 is 9.84 Å². The number of halogens is 6. The predicted molar refractivity (Wildman–Crippen MR) is 77.3 cm³/mol. The molecule has 1 N–H and O–H groups in total. The fourth-order valence-corrected chi connectivity index (χ4v) is 1.84. The lowest BCUT2D eigenvalue weighted by atomic mass is 10.0. The third-order valence-corrected chi connectivity index (χ3v) is 3.31. The van der Waals surface area contributed by atoms with Crippen LogP contribution in [-0.2, 0) is 15.7 Å². The van der Waals surface area contributed by atoms with Gasteiger partial charge in [0.15, 0.2) is 0 Å². The first-order valence-corrected chi connectivity index (χ1v) is 7.10. The molecule has 0 aliphatic carbocycles. The van der Waals surface area contributed by atoms with Gasteiger partial charge in [0.25, 0.3) is 5.91 Å². The van der Waals surface area contributed by atoms with E-state index in [1.165, 1.54) is 13.0 Å². The molecule has 1 aromatic rings. The predicted octanol–water partition coefficient (Wildman–Crippen LogP) is 3.38. The zero-order valence-electron chi connectivity index (χ0n) is 13.8. The maximum absolute atomic E-state index is 13.1. The SMILES string of the molecule is CCOC(=O)N(C(=O)C(C)(O)C(F)(F)F)c1ccc(C#N)c(C(F)(F)F)c1. The van der Waals surface area contributed by atoms with Crippen molar-refractivity contribution in [2.24, 2.45) is 0 Å². The van der Waals surface area contributed by atoms with Gasteiger partial charge in [-0.05, 0) is 32.0 Å². The van der Waals surface area contributed by atoms with Gasteiger partial charge in [0.05, 0.1) is 29.5 Å². The fourth-order valence-electron chi connectivity index (χ4n) is 1.84. The average Bonchev–Trinajstić information content (AvgIpc) is 2.53. The molecule has 148 valence electrons. The molecular weight excluding hydrogens is 386 g/mol. The molecule has 0 heterocycles. The molecule has 1 aromatic carbocycles. The number of imide groups is 1. The second-order valence-corrected chi connectivity index (χ2v) is 5.25. The van der Waals surface area contributed by atoms with Crippen molar-refractivity contribution in [1.29, 1.82) is 5.26 Å². The van der Waals surface area contributed by atoms with Crippen molar-refractivity contribution < 1.29 is 45.8 Å². The minimum Gasteiger partial charge on any atom is -0.449 e. The molecule has 0 radical (unpaired) electrons. The molecule has 0 aliphatic heterocycles. The molecule has 0 aromatic heterocycles. The normalized spacial score (nSPS) is 14.1. The Morgan fingerprint density at radius 1 is 1.22 bits per heavy atom. The third kappa shape index (κ3) is 4.48. The summed E-state index contributed by atoms with van der Waals surface area (Å²) in [5, 5.41) is 18.2. The molecule has 1 atom stereocenters. The number of amides is 2. The Morgan fingerprint density at radius 3 is 2.19 bits per heavy atom. The van der Waals surface area contributed by atoms with Crippen LogP contribution in [0.15, 0.2) is 18.2 Å². The van der Waals surface area contributed by atoms with E-state index in [9.17, 15) is 41.0 Å². The van der Waals surface area contributed by atoms with Crippen molar-refractivity contribution in [3.8, 4) is 6.07 Å². The van der Waals surface area contributed by atoms with Gasteiger partial charge in [-0.3, -0.25) is 4.79 Å². The molecule has 0 saturated carbocycles. The van der Waals surface area contributed by atoms with Crippen molar-refractivity contribution in [2.45, 2.75) is 31.8 Å². The molecule has 6 nitrogen and oxygen atoms in total. The maximum Gasteiger partial charge on any atom is 0.426 e. The summed E-state index contributed by atoms with van der Waals surface area (Å²) in [7, 11) is 0. The van der Waals surface area contributed by atoms with Gasteiger partial charge in [-0.1, -0.05) is 0 Å². The highest BCUT2D eigenvalue weighted by atomic mass is 19.4. The van der Waals surface area contributed by atoms with Gasteiger partial charge in [-0.25, -0.2) is 9.69 Å². The van der Waals surface area contributed by atoms with Gasteiger partial charge in [-0.15, -0.1) is 0 Å². The number of benzene rings is 1. The Bertz CT molecular complexity index is 780. The standard InChI is InChI=1S/C15H12F6N2O4/c1-3-27-12(25)23(11(24)13(2,26)15(19,20)21)9-5-4-8(7-22)10(6-9)14(16,17)18/h4-6,26H,3H2,1-2H3. The van der Waals surface area contributed by atoms with E-state index in [0.29, 0.717) is 12.1 Å². The van der Waals surface area contributed by atoms with Gasteiger partial charge >= 0.3 is 18.4 Å². The average molecular weight is 398 g/mol. The summed E-state index contributed by atoms with van der Waals surface area (Å²) in [6, 6.07) is 2.59. The van der Waals surface area contributed by atoms with Crippen LogP contribution in [0.25, 0.3) is 0 Å². The van der Waals surface area contributed by atoms with E-state index < -0.39 is 53.4 Å². The Balaban J connectivity index is 3.63. The molecule has 0 bridgehead atoms. The highest BCUT2D eigenvalue weighted by Crippen LogP contribution is 2.37. The first kappa shape index (κ1) is 22.2. The zero-order valence-corrected chi connectivity index (χ0v) is 13.8. The van der Waals surface area contributed by atoms with Crippen LogP contribution in [0.4, 0.5) is 36.8 Å². The Labute approximate surface area is 148 Å². The van der Waals surface area contributed by atoms with Gasteiger partial charge in [0, 0.05) is 0 Å². The molecular formula is C15H12F6N2O4. The van der Waals surface area contributed by atoms with E-state index in [2.05, 4.69) is 4.74 Å². The Kier molecular flexibility index (Phi) is 6.12.